The van der Waals surface area contributed by atoms with E-state index in [0.717, 1.165) is 60.6 Å². The Kier molecular flexibility index (Phi) is 6.58. The van der Waals surface area contributed by atoms with Crippen molar-refractivity contribution in [2.45, 2.75) is 13.5 Å². The van der Waals surface area contributed by atoms with Crippen molar-refractivity contribution in [1.29, 1.82) is 0 Å². The molecule has 0 atom stereocenters. The van der Waals surface area contributed by atoms with E-state index in [-0.39, 0.29) is 6.03 Å². The first kappa shape index (κ1) is 23.8. The molecular formula is C27H32N8O. The second kappa shape index (κ2) is 9.96. The van der Waals surface area contributed by atoms with Crippen LogP contribution in [0.3, 0.4) is 0 Å². The van der Waals surface area contributed by atoms with Crippen LogP contribution in [0.1, 0.15) is 11.1 Å². The Morgan fingerprint density at radius 3 is 2.39 bits per heavy atom. The van der Waals surface area contributed by atoms with Gasteiger partial charge in [0.15, 0.2) is 11.5 Å². The maximum absolute atomic E-state index is 12.6. The summed E-state index contributed by atoms with van der Waals surface area (Å²) in [6.07, 6.45) is 1.75. The molecule has 2 aromatic heterocycles. The molecule has 0 unspecified atom stereocenters. The van der Waals surface area contributed by atoms with Crippen LogP contribution in [0.2, 0.25) is 0 Å². The number of nitrogens with two attached hydrogens (primary N) is 1. The number of amides is 2. The molecule has 0 bridgehead atoms. The second-order valence-corrected chi connectivity index (χ2v) is 9.44. The highest BCUT2D eigenvalue weighted by molar-refractivity contribution is 6.01. The van der Waals surface area contributed by atoms with Gasteiger partial charge in [0.1, 0.15) is 0 Å². The van der Waals surface area contributed by atoms with Gasteiger partial charge >= 0.3 is 6.03 Å². The normalized spacial score (nSPS) is 14.8. The Bertz CT molecular complexity index is 1390. The second-order valence-electron chi connectivity index (χ2n) is 9.44. The van der Waals surface area contributed by atoms with Crippen LogP contribution in [0.15, 0.2) is 54.7 Å². The Morgan fingerprint density at radius 2 is 1.67 bits per heavy atom. The Morgan fingerprint density at radius 1 is 0.972 bits per heavy atom. The van der Waals surface area contributed by atoms with Crippen LogP contribution in [-0.2, 0) is 13.6 Å². The minimum absolute atomic E-state index is 0.281. The number of nitrogens with one attached hydrogen (secondary N) is 2. The number of urea groups is 1. The summed E-state index contributed by atoms with van der Waals surface area (Å²) in [5.41, 5.74) is 12.7. The third-order valence-electron chi connectivity index (χ3n) is 6.80. The fourth-order valence-electron chi connectivity index (χ4n) is 4.67. The van der Waals surface area contributed by atoms with Gasteiger partial charge < -0.3 is 21.3 Å². The van der Waals surface area contributed by atoms with Gasteiger partial charge in [0.25, 0.3) is 0 Å². The molecule has 2 aromatic carbocycles. The fraction of sp³-hybridized carbons (Fsp3) is 0.296. The lowest BCUT2D eigenvalue weighted by atomic mass is 10.0. The quantitative estimate of drug-likeness (QED) is 0.397. The van der Waals surface area contributed by atoms with E-state index in [2.05, 4.69) is 50.6 Å². The summed E-state index contributed by atoms with van der Waals surface area (Å²) in [5, 5.41) is 11.0. The van der Waals surface area contributed by atoms with Gasteiger partial charge in [0, 0.05) is 57.3 Å². The fourth-order valence-corrected chi connectivity index (χ4v) is 4.67. The SMILES string of the molecule is Cc1cc(NC(=O)Nc2ccc(-c3ccnc4c3c(N)nn4C)cc2)ccc1CN1CCN(C)CC1. The third-order valence-corrected chi connectivity index (χ3v) is 6.80. The highest BCUT2D eigenvalue weighted by atomic mass is 16.2. The number of fused-ring (bicyclic) bond motifs is 1. The number of likely N-dealkylation sites (N-methyl/N-ethyl adjacent to an activating group) is 1. The summed E-state index contributed by atoms with van der Waals surface area (Å²) in [5.74, 6) is 0.446. The monoisotopic (exact) mass is 484 g/mol. The predicted octanol–water partition coefficient (Wildman–Crippen LogP) is 3.92. The summed E-state index contributed by atoms with van der Waals surface area (Å²) in [6, 6.07) is 15.4. The number of nitrogens with zero attached hydrogens (tertiary/aromatic N) is 5. The van der Waals surface area contributed by atoms with Crippen LogP contribution >= 0.6 is 0 Å². The lowest BCUT2D eigenvalue weighted by molar-refractivity contribution is 0.148. The molecule has 5 rings (SSSR count). The van der Waals surface area contributed by atoms with Gasteiger partial charge in [-0.05, 0) is 66.6 Å². The number of pyridine rings is 1. The Hall–Kier alpha value is -3.95. The number of nitrogen functional groups attached to an aromatic ring is 1. The summed E-state index contributed by atoms with van der Waals surface area (Å²) in [6.45, 7) is 7.40. The van der Waals surface area contributed by atoms with Gasteiger partial charge in [-0.15, -0.1) is 0 Å². The van der Waals surface area contributed by atoms with E-state index in [1.807, 2.05) is 49.5 Å². The van der Waals surface area contributed by atoms with E-state index < -0.39 is 0 Å². The zero-order valence-electron chi connectivity index (χ0n) is 21.0. The number of aryl methyl sites for hydroxylation is 2. The summed E-state index contributed by atoms with van der Waals surface area (Å²) in [7, 11) is 3.99. The third kappa shape index (κ3) is 5.02. The van der Waals surface area contributed by atoms with Crippen LogP contribution in [0.4, 0.5) is 22.0 Å². The smallest absolute Gasteiger partial charge is 0.323 e. The number of benzene rings is 2. The Balaban J connectivity index is 1.22. The number of hydrogen-bond donors (Lipinski definition) is 3. The molecule has 0 radical (unpaired) electrons. The first-order valence-electron chi connectivity index (χ1n) is 12.1. The average molecular weight is 485 g/mol. The molecule has 0 spiro atoms. The number of rotatable bonds is 5. The van der Waals surface area contributed by atoms with Gasteiger partial charge in [0.2, 0.25) is 0 Å². The molecule has 1 fully saturated rings. The summed E-state index contributed by atoms with van der Waals surface area (Å²) < 4.78 is 1.68. The molecule has 4 N–H and O–H groups in total. The predicted molar refractivity (Wildman–Crippen MR) is 145 cm³/mol. The summed E-state index contributed by atoms with van der Waals surface area (Å²) in [4.78, 5) is 21.8. The molecule has 9 heteroatoms. The summed E-state index contributed by atoms with van der Waals surface area (Å²) >= 11 is 0. The lowest BCUT2D eigenvalue weighted by Crippen LogP contribution is -2.43. The number of hydrogen-bond acceptors (Lipinski definition) is 6. The van der Waals surface area contributed by atoms with Crippen LogP contribution < -0.4 is 16.4 Å². The van der Waals surface area contributed by atoms with E-state index in [9.17, 15) is 4.79 Å². The van der Waals surface area contributed by atoms with Crippen molar-refractivity contribution in [2.24, 2.45) is 7.05 Å². The van der Waals surface area contributed by atoms with Gasteiger partial charge in [0.05, 0.1) is 5.39 Å². The molecule has 186 valence electrons. The van der Waals surface area contributed by atoms with Crippen molar-refractivity contribution in [3.8, 4) is 11.1 Å². The first-order valence-corrected chi connectivity index (χ1v) is 12.1. The zero-order chi connectivity index (χ0) is 25.2. The van der Waals surface area contributed by atoms with Crippen LogP contribution in [0.25, 0.3) is 22.2 Å². The molecule has 2 amide bonds. The highest BCUT2D eigenvalue weighted by Crippen LogP contribution is 2.31. The first-order chi connectivity index (χ1) is 17.4. The van der Waals surface area contributed by atoms with Gasteiger partial charge in [-0.2, -0.15) is 5.10 Å². The number of piperazine rings is 1. The minimum Gasteiger partial charge on any atom is -0.382 e. The van der Waals surface area contributed by atoms with Gasteiger partial charge in [-0.3, -0.25) is 4.90 Å². The largest absolute Gasteiger partial charge is 0.382 e. The zero-order valence-corrected chi connectivity index (χ0v) is 21.0. The van der Waals surface area contributed by atoms with Crippen molar-refractivity contribution in [1.82, 2.24) is 24.6 Å². The molecule has 9 nitrogen and oxygen atoms in total. The van der Waals surface area contributed by atoms with Gasteiger partial charge in [-0.25, -0.2) is 14.5 Å². The molecule has 0 saturated carbocycles. The van der Waals surface area contributed by atoms with E-state index in [0.29, 0.717) is 11.5 Å². The van der Waals surface area contributed by atoms with Crippen LogP contribution in [0, 0.1) is 6.92 Å². The molecule has 1 aliphatic heterocycles. The number of carbonyl (C=O) groups is 1. The minimum atomic E-state index is -0.281. The average Bonchev–Trinajstić information content (AvgIpc) is 3.16. The topological polar surface area (TPSA) is 104 Å². The molecule has 0 aliphatic carbocycles. The number of aromatic nitrogens is 3. The molecule has 4 aromatic rings. The van der Waals surface area contributed by atoms with Gasteiger partial charge in [-0.1, -0.05) is 18.2 Å². The maximum Gasteiger partial charge on any atom is 0.323 e. The molecule has 3 heterocycles. The molecule has 36 heavy (non-hydrogen) atoms. The number of anilines is 3. The maximum atomic E-state index is 12.6. The van der Waals surface area contributed by atoms with Crippen molar-refractivity contribution in [3.05, 3.63) is 65.9 Å². The van der Waals surface area contributed by atoms with E-state index in [4.69, 9.17) is 5.73 Å². The van der Waals surface area contributed by atoms with Crippen molar-refractivity contribution >= 4 is 34.3 Å². The van der Waals surface area contributed by atoms with Crippen molar-refractivity contribution in [3.63, 3.8) is 0 Å². The van der Waals surface area contributed by atoms with E-state index in [1.165, 1.54) is 11.1 Å². The van der Waals surface area contributed by atoms with E-state index in [1.54, 1.807) is 10.9 Å². The number of carbonyl (C=O) groups excluding carboxylic acids is 1. The lowest BCUT2D eigenvalue weighted by Gasteiger charge is -2.32. The molecular weight excluding hydrogens is 452 g/mol. The molecule has 1 aliphatic rings. The standard InChI is InChI=1S/C27H32N8O/c1-18-16-22(9-6-20(18)17-35-14-12-33(2)13-15-35)31-27(36)30-21-7-4-19(5-8-21)23-10-11-29-26-24(23)25(28)32-34(26)3/h4-11,16H,12-15,17H2,1-3H3,(H2,28,32)(H2,30,31,36). The van der Waals surface area contributed by atoms with E-state index >= 15 is 0 Å². The molecule has 1 saturated heterocycles. The van der Waals surface area contributed by atoms with Crippen LogP contribution in [-0.4, -0.2) is 63.8 Å². The van der Waals surface area contributed by atoms with Crippen LogP contribution in [0.5, 0.6) is 0 Å². The highest BCUT2D eigenvalue weighted by Gasteiger charge is 2.16. The Labute approximate surface area is 210 Å². The van der Waals surface area contributed by atoms with Crippen molar-refractivity contribution in [2.75, 3.05) is 49.6 Å². The van der Waals surface area contributed by atoms with Crippen molar-refractivity contribution < 1.29 is 4.79 Å².